The van der Waals surface area contributed by atoms with Gasteiger partial charge in [-0.15, -0.1) is 5.10 Å². The Balaban J connectivity index is 1.54. The molecule has 0 aliphatic rings. The summed E-state index contributed by atoms with van der Waals surface area (Å²) in [7, 11) is 1.78. The predicted molar refractivity (Wildman–Crippen MR) is 98.5 cm³/mol. The fourth-order valence-corrected chi connectivity index (χ4v) is 2.52. The lowest BCUT2D eigenvalue weighted by atomic mass is 10.1. The number of pyridine rings is 1. The highest BCUT2D eigenvalue weighted by Crippen LogP contribution is 2.27. The van der Waals surface area contributed by atoms with E-state index in [2.05, 4.69) is 25.6 Å². The molecule has 0 unspecified atom stereocenters. The number of hydrogen-bond acceptors (Lipinski definition) is 7. The lowest BCUT2D eigenvalue weighted by Gasteiger charge is -2.09. The zero-order valence-electron chi connectivity index (χ0n) is 14.3. The third-order valence-corrected chi connectivity index (χ3v) is 3.91. The van der Waals surface area contributed by atoms with Crippen molar-refractivity contribution >= 4 is 17.3 Å². The first-order valence-corrected chi connectivity index (χ1v) is 8.02. The first kappa shape index (κ1) is 16.5. The van der Waals surface area contributed by atoms with E-state index < -0.39 is 0 Å². The van der Waals surface area contributed by atoms with Gasteiger partial charge in [-0.25, -0.2) is 4.98 Å². The minimum atomic E-state index is -0.373. The number of carbonyl (C=O) groups is 1. The average molecular weight is 361 g/mol. The van der Waals surface area contributed by atoms with Crippen molar-refractivity contribution in [2.45, 2.75) is 0 Å². The Kier molecular flexibility index (Phi) is 4.09. The number of hydrogen-bond donors (Lipinski definition) is 2. The highest BCUT2D eigenvalue weighted by atomic mass is 16.3. The van der Waals surface area contributed by atoms with Crippen LogP contribution in [0.3, 0.4) is 0 Å². The standard InChI is InChI=1S/C18H15N7O2/c1-25-9-16(23-24-25)12-3-5-14(21-7-12)18(26)22-15-6-11(2-4-13(15)19)17-8-20-10-27-17/h2-10H,19H2,1H3,(H,22,26). The van der Waals surface area contributed by atoms with E-state index in [4.69, 9.17) is 10.2 Å². The Hall–Kier alpha value is -4.01. The van der Waals surface area contributed by atoms with Crippen LogP contribution in [0.1, 0.15) is 10.5 Å². The molecule has 4 aromatic rings. The number of rotatable bonds is 4. The molecule has 0 fully saturated rings. The van der Waals surface area contributed by atoms with Crippen molar-refractivity contribution in [1.82, 2.24) is 25.0 Å². The number of anilines is 2. The molecule has 9 nitrogen and oxygen atoms in total. The van der Waals surface area contributed by atoms with Crippen LogP contribution in [-0.4, -0.2) is 30.9 Å². The van der Waals surface area contributed by atoms with E-state index in [1.54, 1.807) is 60.7 Å². The van der Waals surface area contributed by atoms with Gasteiger partial charge in [-0.2, -0.15) is 0 Å². The highest BCUT2D eigenvalue weighted by Gasteiger charge is 2.12. The van der Waals surface area contributed by atoms with Crippen molar-refractivity contribution in [1.29, 1.82) is 0 Å². The summed E-state index contributed by atoms with van der Waals surface area (Å²) in [4.78, 5) is 20.6. The van der Waals surface area contributed by atoms with E-state index in [9.17, 15) is 4.79 Å². The smallest absolute Gasteiger partial charge is 0.274 e. The summed E-state index contributed by atoms with van der Waals surface area (Å²) in [6.07, 6.45) is 6.27. The lowest BCUT2D eigenvalue weighted by molar-refractivity contribution is 0.102. The summed E-state index contributed by atoms with van der Waals surface area (Å²) in [6, 6.07) is 8.59. The number of amides is 1. The average Bonchev–Trinajstić information content (AvgIpc) is 3.35. The number of aryl methyl sites for hydroxylation is 1. The molecule has 1 aromatic carbocycles. The molecule has 0 aliphatic carbocycles. The van der Waals surface area contributed by atoms with Crippen LogP contribution in [0.4, 0.5) is 11.4 Å². The maximum atomic E-state index is 12.5. The minimum absolute atomic E-state index is 0.257. The van der Waals surface area contributed by atoms with Crippen LogP contribution in [-0.2, 0) is 7.05 Å². The molecule has 0 spiro atoms. The van der Waals surface area contributed by atoms with E-state index in [1.807, 2.05) is 0 Å². The molecule has 0 bridgehead atoms. The number of nitrogens with two attached hydrogens (primary N) is 1. The van der Waals surface area contributed by atoms with Crippen LogP contribution in [0, 0.1) is 0 Å². The number of nitrogen functional groups attached to an aromatic ring is 1. The quantitative estimate of drug-likeness (QED) is 0.535. The highest BCUT2D eigenvalue weighted by molar-refractivity contribution is 6.05. The van der Waals surface area contributed by atoms with Gasteiger partial charge in [-0.3, -0.25) is 14.5 Å². The molecule has 9 heteroatoms. The second kappa shape index (κ2) is 6.71. The van der Waals surface area contributed by atoms with Crippen molar-refractivity contribution in [3.8, 4) is 22.6 Å². The number of oxazole rings is 1. The molecule has 0 saturated carbocycles. The largest absolute Gasteiger partial charge is 0.444 e. The minimum Gasteiger partial charge on any atom is -0.444 e. The Morgan fingerprint density at radius 1 is 1.19 bits per heavy atom. The Labute approximate surface area is 153 Å². The van der Waals surface area contributed by atoms with Gasteiger partial charge in [0.25, 0.3) is 5.91 Å². The van der Waals surface area contributed by atoms with Crippen LogP contribution in [0.25, 0.3) is 22.6 Å². The van der Waals surface area contributed by atoms with Gasteiger partial charge in [-0.1, -0.05) is 5.21 Å². The van der Waals surface area contributed by atoms with Gasteiger partial charge in [0.1, 0.15) is 11.4 Å². The normalized spacial score (nSPS) is 10.7. The first-order valence-electron chi connectivity index (χ1n) is 8.02. The van der Waals surface area contributed by atoms with Crippen molar-refractivity contribution in [2.24, 2.45) is 7.05 Å². The molecule has 4 rings (SSSR count). The van der Waals surface area contributed by atoms with Crippen molar-refractivity contribution in [3.63, 3.8) is 0 Å². The second-order valence-corrected chi connectivity index (χ2v) is 5.83. The van der Waals surface area contributed by atoms with Gasteiger partial charge in [0.15, 0.2) is 12.2 Å². The lowest BCUT2D eigenvalue weighted by Crippen LogP contribution is -2.14. The van der Waals surface area contributed by atoms with E-state index in [0.29, 0.717) is 22.8 Å². The Morgan fingerprint density at radius 2 is 2.04 bits per heavy atom. The molecular weight excluding hydrogens is 346 g/mol. The van der Waals surface area contributed by atoms with Gasteiger partial charge in [0.2, 0.25) is 0 Å². The van der Waals surface area contributed by atoms with Gasteiger partial charge in [0.05, 0.1) is 23.8 Å². The van der Waals surface area contributed by atoms with Crippen LogP contribution in [0.5, 0.6) is 0 Å². The molecule has 134 valence electrons. The molecule has 1 amide bonds. The molecule has 3 N–H and O–H groups in total. The monoisotopic (exact) mass is 361 g/mol. The summed E-state index contributed by atoms with van der Waals surface area (Å²) < 4.78 is 6.87. The van der Waals surface area contributed by atoms with Crippen molar-refractivity contribution < 1.29 is 9.21 Å². The van der Waals surface area contributed by atoms with Crippen LogP contribution < -0.4 is 11.1 Å². The molecule has 0 saturated heterocycles. The summed E-state index contributed by atoms with van der Waals surface area (Å²) in [5, 5.41) is 10.7. The van der Waals surface area contributed by atoms with Crippen molar-refractivity contribution in [3.05, 3.63) is 61.0 Å². The van der Waals surface area contributed by atoms with E-state index in [-0.39, 0.29) is 11.6 Å². The molecule has 3 heterocycles. The van der Waals surface area contributed by atoms with Crippen LogP contribution in [0.2, 0.25) is 0 Å². The molecule has 3 aromatic heterocycles. The van der Waals surface area contributed by atoms with Crippen LogP contribution in [0.15, 0.2) is 59.7 Å². The van der Waals surface area contributed by atoms with E-state index >= 15 is 0 Å². The van der Waals surface area contributed by atoms with E-state index in [1.165, 1.54) is 6.39 Å². The maximum Gasteiger partial charge on any atom is 0.274 e. The Morgan fingerprint density at radius 3 is 2.70 bits per heavy atom. The van der Waals surface area contributed by atoms with E-state index in [0.717, 1.165) is 11.1 Å². The third kappa shape index (κ3) is 3.38. The summed E-state index contributed by atoms with van der Waals surface area (Å²) in [5.74, 6) is 0.207. The van der Waals surface area contributed by atoms with Gasteiger partial charge in [-0.05, 0) is 30.3 Å². The summed E-state index contributed by atoms with van der Waals surface area (Å²) in [6.45, 7) is 0. The number of carbonyl (C=O) groups excluding carboxylic acids is 1. The topological polar surface area (TPSA) is 125 Å². The maximum absolute atomic E-state index is 12.5. The molecule has 0 radical (unpaired) electrons. The fourth-order valence-electron chi connectivity index (χ4n) is 2.52. The van der Waals surface area contributed by atoms with Crippen LogP contribution >= 0.6 is 0 Å². The van der Waals surface area contributed by atoms with Gasteiger partial charge in [0, 0.05) is 24.4 Å². The molecule has 0 atom stereocenters. The predicted octanol–water partition coefficient (Wildman–Crippen LogP) is 2.37. The first-order chi connectivity index (χ1) is 13.1. The van der Waals surface area contributed by atoms with Crippen molar-refractivity contribution in [2.75, 3.05) is 11.1 Å². The fraction of sp³-hybridized carbons (Fsp3) is 0.0556. The summed E-state index contributed by atoms with van der Waals surface area (Å²) in [5.41, 5.74) is 9.33. The number of aromatic nitrogens is 5. The third-order valence-electron chi connectivity index (χ3n) is 3.91. The number of benzene rings is 1. The Bertz CT molecular complexity index is 1090. The zero-order valence-corrected chi connectivity index (χ0v) is 14.3. The molecule has 0 aliphatic heterocycles. The second-order valence-electron chi connectivity index (χ2n) is 5.83. The number of nitrogens with zero attached hydrogens (tertiary/aromatic N) is 5. The van der Waals surface area contributed by atoms with Gasteiger partial charge >= 0.3 is 0 Å². The summed E-state index contributed by atoms with van der Waals surface area (Å²) >= 11 is 0. The molecule has 27 heavy (non-hydrogen) atoms. The molecular formula is C18H15N7O2. The number of nitrogens with one attached hydrogen (secondary N) is 1. The van der Waals surface area contributed by atoms with Gasteiger partial charge < -0.3 is 15.5 Å². The zero-order chi connectivity index (χ0) is 18.8. The SMILES string of the molecule is Cn1cc(-c2ccc(C(=O)Nc3cc(-c4cnco4)ccc3N)nc2)nn1.